The van der Waals surface area contributed by atoms with E-state index in [2.05, 4.69) is 13.8 Å². The summed E-state index contributed by atoms with van der Waals surface area (Å²) < 4.78 is 25.9. The molecule has 0 N–H and O–H groups in total. The molecule has 2 fully saturated rings. The summed E-state index contributed by atoms with van der Waals surface area (Å²) >= 11 is 29.6. The van der Waals surface area contributed by atoms with E-state index < -0.39 is 23.6 Å². The molecule has 14 heteroatoms. The molecule has 7 aromatic rings. The lowest BCUT2D eigenvalue weighted by Gasteiger charge is -2.32. The van der Waals surface area contributed by atoms with Crippen molar-refractivity contribution in [2.45, 2.75) is 130 Å². The normalized spacial score (nSPS) is 23.0. The number of amides is 4. The van der Waals surface area contributed by atoms with Crippen molar-refractivity contribution in [2.24, 2.45) is 35.5 Å². The Balaban J connectivity index is 0.821. The van der Waals surface area contributed by atoms with Gasteiger partial charge in [0, 0.05) is 87.1 Å². The van der Waals surface area contributed by atoms with E-state index in [1.807, 2.05) is 26.0 Å². The second kappa shape index (κ2) is 21.3. The van der Waals surface area contributed by atoms with Gasteiger partial charge in [-0.05, 0) is 111 Å². The zero-order chi connectivity index (χ0) is 55.4. The molecule has 0 radical (unpaired) electrons. The highest BCUT2D eigenvalue weighted by molar-refractivity contribution is 6.57. The Kier molecular flexibility index (Phi) is 14.3. The van der Waals surface area contributed by atoms with Crippen LogP contribution in [0.25, 0.3) is 43.1 Å². The van der Waals surface area contributed by atoms with E-state index >= 15 is 19.2 Å². The Labute approximate surface area is 486 Å². The average Bonchev–Trinajstić information content (AvgIpc) is 3.91. The predicted molar refractivity (Wildman–Crippen MR) is 320 cm³/mol. The summed E-state index contributed by atoms with van der Waals surface area (Å²) in [7, 11) is 0. The van der Waals surface area contributed by atoms with Gasteiger partial charge in [0.15, 0.2) is 23.0 Å². The molecular weight excluding hydrogens is 1090 g/mol. The molecule has 0 bridgehead atoms. The fraction of sp³-hybridized carbons (Fsp3) is 0.455. The van der Waals surface area contributed by atoms with Crippen molar-refractivity contribution in [3.63, 3.8) is 0 Å². The minimum Gasteiger partial charge on any atom is -0.489 e. The number of aryl methyl sites for hydroxylation is 2. The molecule has 80 heavy (non-hydrogen) atoms. The molecule has 4 amide bonds. The smallest absolute Gasteiger partial charge is 0.266 e. The number of halogens is 4. The predicted octanol–water partition coefficient (Wildman–Crippen LogP) is 18.1. The number of imide groups is 2. The van der Waals surface area contributed by atoms with Crippen LogP contribution in [0.3, 0.4) is 0 Å². The second-order valence-corrected chi connectivity index (χ2v) is 25.6. The Morgan fingerprint density at radius 2 is 0.688 bits per heavy atom. The van der Waals surface area contributed by atoms with Gasteiger partial charge in [-0.15, -0.1) is 0 Å². The van der Waals surface area contributed by atoms with E-state index in [0.717, 1.165) is 37.5 Å². The Bertz CT molecular complexity index is 3360. The Hall–Kier alpha value is -5.52. The number of hydrogen-bond acceptors (Lipinski definition) is 8. The maximum absolute atomic E-state index is 15.1. The lowest BCUT2D eigenvalue weighted by molar-refractivity contribution is 0.0877. The molecule has 0 spiro atoms. The van der Waals surface area contributed by atoms with Crippen molar-refractivity contribution in [1.29, 1.82) is 0 Å². The second-order valence-electron chi connectivity index (χ2n) is 24.0. The van der Waals surface area contributed by atoms with Crippen LogP contribution in [0.2, 0.25) is 20.1 Å². The molecule has 2 unspecified atom stereocenters. The molecule has 2 saturated carbocycles. The minimum atomic E-state index is -0.583. The molecule has 0 aromatic heterocycles. The number of benzene rings is 7. The van der Waals surface area contributed by atoms with Gasteiger partial charge in [-0.1, -0.05) is 137 Å². The van der Waals surface area contributed by atoms with Crippen LogP contribution in [0, 0.1) is 49.4 Å². The number of ether oxygens (including phenoxy) is 4. The number of nitrogens with zero attached hydrogens (tertiary/aromatic N) is 2. The quantitative estimate of drug-likeness (QED) is 0.0515. The van der Waals surface area contributed by atoms with Gasteiger partial charge in [-0.25, -0.2) is 9.80 Å². The van der Waals surface area contributed by atoms with E-state index in [0.29, 0.717) is 127 Å². The van der Waals surface area contributed by atoms with E-state index in [1.165, 1.54) is 86.8 Å². The molecule has 2 atom stereocenters. The number of hydrogen-bond donors (Lipinski definition) is 0. The van der Waals surface area contributed by atoms with Crippen LogP contribution < -0.4 is 28.7 Å². The molecule has 2 aliphatic carbocycles. The highest BCUT2D eigenvalue weighted by Crippen LogP contribution is 2.55. The molecule has 13 rings (SSSR count). The van der Waals surface area contributed by atoms with E-state index in [-0.39, 0.29) is 54.2 Å². The largest absolute Gasteiger partial charge is 0.489 e. The molecular formula is C66H66Cl4N2O8. The van der Waals surface area contributed by atoms with Gasteiger partial charge < -0.3 is 18.9 Å². The van der Waals surface area contributed by atoms with E-state index in [9.17, 15) is 0 Å². The van der Waals surface area contributed by atoms with Gasteiger partial charge in [-0.3, -0.25) is 19.2 Å². The maximum atomic E-state index is 15.1. The Morgan fingerprint density at radius 3 is 0.988 bits per heavy atom. The standard InChI is InChI=1S/C66H66Cl4N2O8/c1-5-7-9-11-35-13-17-37(18-14-35)39-29-77-51-21-33(3)49(27-53(51)79-31-39)71-63(73)41-23-45(67)57-59-47(69)25-43-56-44(26-48(70)60(62(56)59)58-46(68)24-42(64(71)74)55(41)61(57)58)66(76)72(65(43)75)50-28-54-52(22-34(50)4)78-30-40(32-80-54)38-19-15-36(16-20-38)12-10-8-6-2/h21-28,35-40H,5-20,29-32H2,1-4H3. The number of fused-ring (bicyclic) bond motifs is 4. The summed E-state index contributed by atoms with van der Waals surface area (Å²) in [6.45, 7) is 10.2. The third-order valence-corrected chi connectivity index (χ3v) is 20.4. The lowest BCUT2D eigenvalue weighted by Crippen LogP contribution is -2.41. The van der Waals surface area contributed by atoms with E-state index in [4.69, 9.17) is 65.4 Å². The summed E-state index contributed by atoms with van der Waals surface area (Å²) in [5.74, 6) is 2.81. The van der Waals surface area contributed by atoms with Gasteiger partial charge in [0.1, 0.15) is 0 Å². The number of anilines is 2. The highest BCUT2D eigenvalue weighted by Gasteiger charge is 2.43. The minimum absolute atomic E-state index is 0.153. The summed E-state index contributed by atoms with van der Waals surface area (Å²) in [5, 5.41) is 3.75. The first-order valence-corrected chi connectivity index (χ1v) is 30.8. The van der Waals surface area contributed by atoms with Crippen LogP contribution in [0.15, 0.2) is 48.5 Å². The fourth-order valence-electron chi connectivity index (χ4n) is 14.8. The molecule has 0 saturated heterocycles. The topological polar surface area (TPSA) is 112 Å². The van der Waals surface area contributed by atoms with Crippen molar-refractivity contribution in [3.8, 4) is 23.0 Å². The third-order valence-electron chi connectivity index (χ3n) is 19.2. The zero-order valence-corrected chi connectivity index (χ0v) is 48.9. The molecule has 4 heterocycles. The number of unbranched alkanes of at least 4 members (excludes halogenated alkanes) is 4. The summed E-state index contributed by atoms with van der Waals surface area (Å²) in [5.41, 5.74) is 2.74. The Morgan fingerprint density at radius 1 is 0.388 bits per heavy atom. The van der Waals surface area contributed by atoms with Crippen molar-refractivity contribution >= 4 is 124 Å². The van der Waals surface area contributed by atoms with Crippen LogP contribution >= 0.6 is 46.4 Å². The molecule has 7 aromatic carbocycles. The van der Waals surface area contributed by atoms with Crippen molar-refractivity contribution in [1.82, 2.24) is 0 Å². The first kappa shape index (κ1) is 53.8. The van der Waals surface area contributed by atoms with Crippen LogP contribution in [0.1, 0.15) is 169 Å². The number of carbonyl (C=O) groups excluding carboxylic acids is 4. The van der Waals surface area contributed by atoms with Crippen LogP contribution in [-0.2, 0) is 0 Å². The number of carbonyl (C=O) groups is 4. The summed E-state index contributed by atoms with van der Waals surface area (Å²) in [6, 6.07) is 13.4. The van der Waals surface area contributed by atoms with Crippen LogP contribution in [0.4, 0.5) is 11.4 Å². The summed E-state index contributed by atoms with van der Waals surface area (Å²) in [6.07, 6.45) is 19.9. The lowest BCUT2D eigenvalue weighted by atomic mass is 9.75. The monoisotopic (exact) mass is 1150 g/mol. The molecule has 6 aliphatic rings. The number of rotatable bonds is 12. The van der Waals surface area contributed by atoms with Gasteiger partial charge in [0.25, 0.3) is 23.6 Å². The first-order valence-electron chi connectivity index (χ1n) is 29.3. The van der Waals surface area contributed by atoms with Gasteiger partial charge >= 0.3 is 0 Å². The van der Waals surface area contributed by atoms with Gasteiger partial charge in [0.2, 0.25) is 0 Å². The van der Waals surface area contributed by atoms with Crippen LogP contribution in [-0.4, -0.2) is 50.1 Å². The SMILES string of the molecule is CCCCCC1CCC(C2COc3cc(C)c(N4C(=O)c5cc(Cl)c6c7c(Cl)cc8c9c(cc(Cl)c(c%10c(Cl)cc(c5c6%10)C4=O)c97)C(=O)N(c4cc5c(cc4C)OCC(C4CCC(CCCCC)CC4)CO5)C8=O)cc3OC2)CC1. The molecule has 416 valence electrons. The van der Waals surface area contributed by atoms with Crippen molar-refractivity contribution in [3.05, 3.63) is 102 Å². The molecule has 10 nitrogen and oxygen atoms in total. The van der Waals surface area contributed by atoms with Crippen molar-refractivity contribution in [2.75, 3.05) is 36.2 Å². The first-order chi connectivity index (χ1) is 38.7. The average molecular weight is 1160 g/mol. The van der Waals surface area contributed by atoms with Crippen molar-refractivity contribution < 1.29 is 38.1 Å². The highest BCUT2D eigenvalue weighted by atomic mass is 35.5. The molecule has 4 aliphatic heterocycles. The zero-order valence-electron chi connectivity index (χ0n) is 45.9. The van der Waals surface area contributed by atoms with Gasteiger partial charge in [0.05, 0.1) is 60.1 Å². The third kappa shape index (κ3) is 8.86. The summed E-state index contributed by atoms with van der Waals surface area (Å²) in [4.78, 5) is 62.7. The van der Waals surface area contributed by atoms with Crippen LogP contribution in [0.5, 0.6) is 23.0 Å². The fourth-order valence-corrected chi connectivity index (χ4v) is 16.0. The van der Waals surface area contributed by atoms with Gasteiger partial charge in [-0.2, -0.15) is 0 Å². The van der Waals surface area contributed by atoms with E-state index in [1.54, 1.807) is 36.4 Å². The maximum Gasteiger partial charge on any atom is 0.266 e.